The molecule has 4 rings (SSSR count). The third kappa shape index (κ3) is 4.33. The van der Waals surface area contributed by atoms with Gasteiger partial charge in [-0.05, 0) is 67.8 Å². The lowest BCUT2D eigenvalue weighted by Crippen LogP contribution is -2.15. The maximum absolute atomic E-state index is 13.0. The van der Waals surface area contributed by atoms with E-state index in [2.05, 4.69) is 15.4 Å². The van der Waals surface area contributed by atoms with Crippen molar-refractivity contribution >= 4 is 34.8 Å². The maximum atomic E-state index is 13.0. The Morgan fingerprint density at radius 2 is 1.65 bits per heavy atom. The SMILES string of the molecule is Cc1ccc(Cl)cc1NC(=O)c1nc(-c2cccc(Cl)c2)n(-c2cccc(C)c2C)n1. The Morgan fingerprint density at radius 1 is 0.903 bits per heavy atom. The molecule has 1 aromatic heterocycles. The minimum absolute atomic E-state index is 0.0512. The summed E-state index contributed by atoms with van der Waals surface area (Å²) in [7, 11) is 0. The summed E-state index contributed by atoms with van der Waals surface area (Å²) < 4.78 is 1.69. The van der Waals surface area contributed by atoms with E-state index in [4.69, 9.17) is 23.2 Å². The number of halogens is 2. The van der Waals surface area contributed by atoms with Crippen LogP contribution in [0.4, 0.5) is 5.69 Å². The first kappa shape index (κ1) is 21.1. The molecule has 31 heavy (non-hydrogen) atoms. The monoisotopic (exact) mass is 450 g/mol. The van der Waals surface area contributed by atoms with Gasteiger partial charge in [0.1, 0.15) is 0 Å². The van der Waals surface area contributed by atoms with Crippen LogP contribution in [-0.4, -0.2) is 20.7 Å². The molecule has 1 N–H and O–H groups in total. The van der Waals surface area contributed by atoms with E-state index in [9.17, 15) is 4.79 Å². The van der Waals surface area contributed by atoms with Gasteiger partial charge < -0.3 is 5.32 Å². The number of carbonyl (C=O) groups excluding carboxylic acids is 1. The van der Waals surface area contributed by atoms with Crippen molar-refractivity contribution in [3.05, 3.63) is 93.2 Å². The van der Waals surface area contributed by atoms with Crippen LogP contribution in [0.25, 0.3) is 17.1 Å². The van der Waals surface area contributed by atoms with Crippen molar-refractivity contribution in [3.63, 3.8) is 0 Å². The molecule has 0 aliphatic rings. The van der Waals surface area contributed by atoms with E-state index in [1.807, 2.05) is 57.2 Å². The van der Waals surface area contributed by atoms with Crippen LogP contribution in [-0.2, 0) is 0 Å². The van der Waals surface area contributed by atoms with E-state index in [1.54, 1.807) is 28.9 Å². The Morgan fingerprint density at radius 3 is 2.42 bits per heavy atom. The van der Waals surface area contributed by atoms with E-state index in [0.29, 0.717) is 21.6 Å². The highest BCUT2D eigenvalue weighted by Gasteiger charge is 2.21. The molecular weight excluding hydrogens is 431 g/mol. The lowest BCUT2D eigenvalue weighted by molar-refractivity contribution is 0.101. The molecule has 156 valence electrons. The van der Waals surface area contributed by atoms with Gasteiger partial charge in [-0.15, -0.1) is 5.10 Å². The van der Waals surface area contributed by atoms with Crippen LogP contribution >= 0.6 is 23.2 Å². The van der Waals surface area contributed by atoms with E-state index < -0.39 is 5.91 Å². The second-order valence-corrected chi connectivity index (χ2v) is 8.19. The van der Waals surface area contributed by atoms with Crippen LogP contribution in [0.5, 0.6) is 0 Å². The summed E-state index contributed by atoms with van der Waals surface area (Å²) in [4.78, 5) is 17.6. The number of benzene rings is 3. The number of aryl methyl sites for hydroxylation is 2. The summed E-state index contributed by atoms with van der Waals surface area (Å²) in [6, 6.07) is 18.6. The number of hydrogen-bond donors (Lipinski definition) is 1. The highest BCUT2D eigenvalue weighted by Crippen LogP contribution is 2.27. The van der Waals surface area contributed by atoms with Crippen molar-refractivity contribution in [3.8, 4) is 17.1 Å². The molecule has 7 heteroatoms. The second kappa shape index (κ2) is 8.53. The molecule has 4 aromatic rings. The van der Waals surface area contributed by atoms with Crippen molar-refractivity contribution in [2.75, 3.05) is 5.32 Å². The molecule has 3 aromatic carbocycles. The molecular formula is C24H20Cl2N4O. The summed E-state index contributed by atoms with van der Waals surface area (Å²) in [6.07, 6.45) is 0. The fourth-order valence-electron chi connectivity index (χ4n) is 3.26. The van der Waals surface area contributed by atoms with E-state index in [1.165, 1.54) is 0 Å². The fraction of sp³-hybridized carbons (Fsp3) is 0.125. The molecule has 0 fully saturated rings. The zero-order valence-electron chi connectivity index (χ0n) is 17.3. The summed E-state index contributed by atoms with van der Waals surface area (Å²) in [5, 5.41) is 8.53. The minimum atomic E-state index is -0.419. The Bertz CT molecular complexity index is 1300. The quantitative estimate of drug-likeness (QED) is 0.390. The predicted octanol–water partition coefficient (Wildman–Crippen LogP) is 6.42. The average Bonchev–Trinajstić information content (AvgIpc) is 3.18. The number of carbonyl (C=O) groups is 1. The highest BCUT2D eigenvalue weighted by molar-refractivity contribution is 6.31. The molecule has 0 saturated carbocycles. The summed E-state index contributed by atoms with van der Waals surface area (Å²) >= 11 is 12.3. The highest BCUT2D eigenvalue weighted by atomic mass is 35.5. The molecule has 0 radical (unpaired) electrons. The zero-order chi connectivity index (χ0) is 22.1. The Labute approximate surface area is 190 Å². The largest absolute Gasteiger partial charge is 0.319 e. The van der Waals surface area contributed by atoms with Crippen LogP contribution in [0.2, 0.25) is 10.0 Å². The molecule has 0 bridgehead atoms. The second-order valence-electron chi connectivity index (χ2n) is 7.31. The van der Waals surface area contributed by atoms with Crippen LogP contribution in [0.15, 0.2) is 60.7 Å². The normalized spacial score (nSPS) is 10.9. The van der Waals surface area contributed by atoms with Crippen LogP contribution in [0, 0.1) is 20.8 Å². The summed E-state index contributed by atoms with van der Waals surface area (Å²) in [5.41, 5.74) is 5.28. The molecule has 0 spiro atoms. The molecule has 0 aliphatic carbocycles. The van der Waals surface area contributed by atoms with Crippen molar-refractivity contribution in [1.29, 1.82) is 0 Å². The van der Waals surface area contributed by atoms with Gasteiger partial charge in [-0.2, -0.15) is 0 Å². The molecule has 1 heterocycles. The van der Waals surface area contributed by atoms with Crippen molar-refractivity contribution in [2.45, 2.75) is 20.8 Å². The molecule has 0 atom stereocenters. The van der Waals surface area contributed by atoms with Crippen LogP contribution in [0.3, 0.4) is 0 Å². The van der Waals surface area contributed by atoms with Crippen molar-refractivity contribution in [1.82, 2.24) is 14.8 Å². The van der Waals surface area contributed by atoms with Crippen LogP contribution < -0.4 is 5.32 Å². The number of rotatable bonds is 4. The number of nitrogens with zero attached hydrogens (tertiary/aromatic N) is 3. The third-order valence-corrected chi connectivity index (χ3v) is 5.62. The van der Waals surface area contributed by atoms with E-state index in [-0.39, 0.29) is 5.82 Å². The maximum Gasteiger partial charge on any atom is 0.295 e. The number of hydrogen-bond acceptors (Lipinski definition) is 3. The Balaban J connectivity index is 1.82. The van der Waals surface area contributed by atoms with Gasteiger partial charge in [-0.25, -0.2) is 9.67 Å². The number of amides is 1. The number of aromatic nitrogens is 3. The van der Waals surface area contributed by atoms with Gasteiger partial charge in [-0.1, -0.05) is 53.5 Å². The van der Waals surface area contributed by atoms with E-state index >= 15 is 0 Å². The summed E-state index contributed by atoms with van der Waals surface area (Å²) in [6.45, 7) is 5.94. The van der Waals surface area contributed by atoms with Gasteiger partial charge in [0.25, 0.3) is 5.91 Å². The lowest BCUT2D eigenvalue weighted by Gasteiger charge is -2.11. The summed E-state index contributed by atoms with van der Waals surface area (Å²) in [5.74, 6) is 0.164. The first-order chi connectivity index (χ1) is 14.8. The van der Waals surface area contributed by atoms with Gasteiger partial charge >= 0.3 is 0 Å². The predicted molar refractivity (Wildman–Crippen MR) is 125 cm³/mol. The van der Waals surface area contributed by atoms with Crippen molar-refractivity contribution in [2.24, 2.45) is 0 Å². The van der Waals surface area contributed by atoms with Gasteiger partial charge in [0, 0.05) is 21.3 Å². The average molecular weight is 451 g/mol. The smallest absolute Gasteiger partial charge is 0.295 e. The van der Waals surface area contributed by atoms with Gasteiger partial charge in [0.05, 0.1) is 5.69 Å². The Kier molecular flexibility index (Phi) is 5.81. The Hall–Kier alpha value is -3.15. The standard InChI is InChI=1S/C24H20Cl2N4O/c1-14-6-4-9-21(16(14)3)30-23(17-7-5-8-18(25)12-17)28-22(29-30)24(31)27-20-13-19(26)11-10-15(20)2/h4-13H,1-3H3,(H,27,31). The molecule has 1 amide bonds. The van der Waals surface area contributed by atoms with E-state index in [0.717, 1.165) is 27.9 Å². The lowest BCUT2D eigenvalue weighted by atomic mass is 10.1. The molecule has 0 saturated heterocycles. The zero-order valence-corrected chi connectivity index (χ0v) is 18.8. The number of nitrogens with one attached hydrogen (secondary N) is 1. The third-order valence-electron chi connectivity index (χ3n) is 5.15. The molecule has 0 aliphatic heterocycles. The van der Waals surface area contributed by atoms with Crippen LogP contribution in [0.1, 0.15) is 27.3 Å². The molecule has 0 unspecified atom stereocenters. The molecule has 5 nitrogen and oxygen atoms in total. The van der Waals surface area contributed by atoms with Gasteiger partial charge in [0.15, 0.2) is 5.82 Å². The van der Waals surface area contributed by atoms with Crippen molar-refractivity contribution < 1.29 is 4.79 Å². The first-order valence-corrected chi connectivity index (χ1v) is 10.5. The minimum Gasteiger partial charge on any atom is -0.319 e. The van der Waals surface area contributed by atoms with Gasteiger partial charge in [0.2, 0.25) is 5.82 Å². The first-order valence-electron chi connectivity index (χ1n) is 9.70. The van der Waals surface area contributed by atoms with Gasteiger partial charge in [-0.3, -0.25) is 4.79 Å². The number of anilines is 1. The fourth-order valence-corrected chi connectivity index (χ4v) is 3.63. The topological polar surface area (TPSA) is 59.8 Å².